The molecule has 2 aromatic carbocycles. The summed E-state index contributed by atoms with van der Waals surface area (Å²) in [4.78, 5) is 28.9. The van der Waals surface area contributed by atoms with Crippen LogP contribution in [0.25, 0.3) is 10.8 Å². The number of halogens is 1. The minimum absolute atomic E-state index is 0.0361. The van der Waals surface area contributed by atoms with E-state index in [9.17, 15) is 14.0 Å². The number of aromatic nitrogens is 4. The number of carbonyl (C=O) groups excluding carboxylic acids is 1. The molecule has 1 N–H and O–H groups in total. The fourth-order valence-electron chi connectivity index (χ4n) is 4.43. The van der Waals surface area contributed by atoms with Gasteiger partial charge in [0, 0.05) is 44.2 Å². The van der Waals surface area contributed by atoms with Crippen LogP contribution in [0.1, 0.15) is 28.0 Å². The molecule has 8 nitrogen and oxygen atoms in total. The normalized spacial score (nSPS) is 15.6. The third-order valence-electron chi connectivity index (χ3n) is 6.33. The molecular formula is C25H23FN6O2. The van der Waals surface area contributed by atoms with Crippen LogP contribution in [-0.2, 0) is 6.42 Å². The topological polar surface area (TPSA) is 95.1 Å². The van der Waals surface area contributed by atoms with Gasteiger partial charge in [0.2, 0.25) is 0 Å². The Morgan fingerprint density at radius 2 is 2.00 bits per heavy atom. The first-order valence-corrected chi connectivity index (χ1v) is 11.1. The summed E-state index contributed by atoms with van der Waals surface area (Å²) in [6, 6.07) is 15.5. The number of hydrogen-bond donors (Lipinski definition) is 1. The summed E-state index contributed by atoms with van der Waals surface area (Å²) in [6.07, 6.45) is 2.73. The van der Waals surface area contributed by atoms with Crippen molar-refractivity contribution in [1.82, 2.24) is 25.3 Å². The van der Waals surface area contributed by atoms with E-state index in [1.54, 1.807) is 35.4 Å². The molecule has 0 aliphatic carbocycles. The molecule has 1 aliphatic heterocycles. The van der Waals surface area contributed by atoms with Gasteiger partial charge in [0.1, 0.15) is 5.82 Å². The number of H-pyrrole nitrogens is 1. The summed E-state index contributed by atoms with van der Waals surface area (Å²) < 4.78 is 14.7. The second-order valence-corrected chi connectivity index (χ2v) is 8.42. The van der Waals surface area contributed by atoms with Gasteiger partial charge in [-0.15, -0.1) is 5.10 Å². The molecule has 1 amide bonds. The molecule has 5 rings (SSSR count). The van der Waals surface area contributed by atoms with E-state index < -0.39 is 5.82 Å². The number of fused-ring (bicyclic) bond motifs is 1. The van der Waals surface area contributed by atoms with Crippen LogP contribution in [0.3, 0.4) is 0 Å². The number of carbonyl (C=O) groups is 1. The van der Waals surface area contributed by atoms with Gasteiger partial charge in [-0.25, -0.2) is 9.49 Å². The van der Waals surface area contributed by atoms with E-state index in [4.69, 9.17) is 0 Å². The van der Waals surface area contributed by atoms with Crippen LogP contribution < -0.4 is 10.5 Å². The zero-order valence-corrected chi connectivity index (χ0v) is 18.6. The Kier molecular flexibility index (Phi) is 5.75. The van der Waals surface area contributed by atoms with Crippen molar-refractivity contribution in [3.05, 3.63) is 93.8 Å². The summed E-state index contributed by atoms with van der Waals surface area (Å²) in [5, 5.41) is 16.0. The van der Waals surface area contributed by atoms with Crippen LogP contribution >= 0.6 is 0 Å². The quantitative estimate of drug-likeness (QED) is 0.494. The summed E-state index contributed by atoms with van der Waals surface area (Å²) in [5.41, 5.74) is 1.17. The monoisotopic (exact) mass is 458 g/mol. The number of benzene rings is 2. The average molecular weight is 458 g/mol. The number of aromatic amines is 1. The van der Waals surface area contributed by atoms with Crippen LogP contribution in [0.5, 0.6) is 0 Å². The van der Waals surface area contributed by atoms with E-state index in [0.717, 1.165) is 23.2 Å². The molecule has 0 bridgehead atoms. The molecule has 0 saturated carbocycles. The van der Waals surface area contributed by atoms with E-state index in [-0.39, 0.29) is 23.1 Å². The minimum Gasteiger partial charge on any atom is -0.353 e. The molecule has 4 aromatic rings. The smallest absolute Gasteiger partial charge is 0.272 e. The lowest BCUT2D eigenvalue weighted by Crippen LogP contribution is -2.37. The Morgan fingerprint density at radius 1 is 1.18 bits per heavy atom. The lowest BCUT2D eigenvalue weighted by atomic mass is 10.0. The van der Waals surface area contributed by atoms with Crippen LogP contribution in [0.4, 0.5) is 10.2 Å². The Morgan fingerprint density at radius 3 is 2.79 bits per heavy atom. The standard InChI is InChI=1S/C25H23FN6O2/c1-31(23-7-4-11-27-29-23)17-10-12-32(15-17)25(34)20-13-16(8-9-21(20)26)14-22-18-5-2-3-6-19(18)24(33)30-28-22/h2-9,11,13,17H,10,12,14-15H2,1H3,(H,30,33)/t17-/m0/s1. The van der Waals surface area contributed by atoms with Crippen molar-refractivity contribution in [3.8, 4) is 0 Å². The van der Waals surface area contributed by atoms with Crippen molar-refractivity contribution in [1.29, 1.82) is 0 Å². The number of rotatable bonds is 5. The molecule has 2 aromatic heterocycles. The van der Waals surface area contributed by atoms with Gasteiger partial charge in [0.15, 0.2) is 5.82 Å². The highest BCUT2D eigenvalue weighted by molar-refractivity contribution is 5.95. The highest BCUT2D eigenvalue weighted by Gasteiger charge is 2.31. The van der Waals surface area contributed by atoms with Gasteiger partial charge < -0.3 is 9.80 Å². The Balaban J connectivity index is 1.36. The van der Waals surface area contributed by atoms with E-state index in [1.165, 1.54) is 6.07 Å². The van der Waals surface area contributed by atoms with Gasteiger partial charge in [0.25, 0.3) is 11.5 Å². The third-order valence-corrected chi connectivity index (χ3v) is 6.33. The number of hydrogen-bond acceptors (Lipinski definition) is 6. The largest absolute Gasteiger partial charge is 0.353 e. The Bertz CT molecular complexity index is 1410. The molecule has 9 heteroatoms. The zero-order valence-electron chi connectivity index (χ0n) is 18.6. The minimum atomic E-state index is -0.557. The van der Waals surface area contributed by atoms with E-state index in [2.05, 4.69) is 20.4 Å². The first kappa shape index (κ1) is 21.7. The number of amides is 1. The van der Waals surface area contributed by atoms with Crippen molar-refractivity contribution < 1.29 is 9.18 Å². The number of nitrogens with zero attached hydrogens (tertiary/aromatic N) is 5. The van der Waals surface area contributed by atoms with Crippen LogP contribution in [-0.4, -0.2) is 57.4 Å². The van der Waals surface area contributed by atoms with Gasteiger partial charge >= 0.3 is 0 Å². The second kappa shape index (κ2) is 9.01. The predicted molar refractivity (Wildman–Crippen MR) is 126 cm³/mol. The summed E-state index contributed by atoms with van der Waals surface area (Å²) in [7, 11) is 1.92. The summed E-state index contributed by atoms with van der Waals surface area (Å²) >= 11 is 0. The third kappa shape index (κ3) is 4.12. The molecule has 0 spiro atoms. The fourth-order valence-corrected chi connectivity index (χ4v) is 4.43. The van der Waals surface area contributed by atoms with Gasteiger partial charge in [-0.05, 0) is 42.3 Å². The molecule has 0 radical (unpaired) electrons. The van der Waals surface area contributed by atoms with Gasteiger partial charge in [-0.2, -0.15) is 10.2 Å². The van der Waals surface area contributed by atoms with Crippen LogP contribution in [0.15, 0.2) is 65.6 Å². The Hall–Kier alpha value is -4.14. The van der Waals surface area contributed by atoms with Gasteiger partial charge in [-0.1, -0.05) is 24.3 Å². The van der Waals surface area contributed by atoms with Crippen LogP contribution in [0, 0.1) is 5.82 Å². The van der Waals surface area contributed by atoms with Crippen molar-refractivity contribution in [3.63, 3.8) is 0 Å². The molecule has 1 fully saturated rings. The maximum atomic E-state index is 14.7. The molecule has 1 aliphatic rings. The second-order valence-electron chi connectivity index (χ2n) is 8.42. The van der Waals surface area contributed by atoms with Crippen molar-refractivity contribution >= 4 is 22.5 Å². The highest BCUT2D eigenvalue weighted by atomic mass is 19.1. The van der Waals surface area contributed by atoms with Crippen molar-refractivity contribution in [2.45, 2.75) is 18.9 Å². The highest BCUT2D eigenvalue weighted by Crippen LogP contribution is 2.23. The first-order valence-electron chi connectivity index (χ1n) is 11.1. The summed E-state index contributed by atoms with van der Waals surface area (Å²) in [5.74, 6) is -0.164. The predicted octanol–water partition coefficient (Wildman–Crippen LogP) is 2.79. The first-order chi connectivity index (χ1) is 16.5. The summed E-state index contributed by atoms with van der Waals surface area (Å²) in [6.45, 7) is 1.01. The fraction of sp³-hybridized carbons (Fsp3) is 0.240. The molecule has 34 heavy (non-hydrogen) atoms. The molecule has 0 unspecified atom stereocenters. The lowest BCUT2D eigenvalue weighted by Gasteiger charge is -2.25. The maximum absolute atomic E-state index is 14.7. The van der Waals surface area contributed by atoms with E-state index >= 15 is 0 Å². The number of nitrogens with one attached hydrogen (secondary N) is 1. The van der Waals surface area contributed by atoms with Crippen molar-refractivity contribution in [2.24, 2.45) is 0 Å². The van der Waals surface area contributed by atoms with E-state index in [0.29, 0.717) is 30.6 Å². The Labute approximate surface area is 195 Å². The molecule has 3 heterocycles. The van der Waals surface area contributed by atoms with Crippen LogP contribution in [0.2, 0.25) is 0 Å². The number of anilines is 1. The SMILES string of the molecule is CN(c1cccnn1)[C@H]1CCN(C(=O)c2cc(Cc3n[nH]c(=O)c4ccccc34)ccc2F)C1. The van der Waals surface area contributed by atoms with Gasteiger partial charge in [-0.3, -0.25) is 9.59 Å². The van der Waals surface area contributed by atoms with Gasteiger partial charge in [0.05, 0.1) is 16.6 Å². The maximum Gasteiger partial charge on any atom is 0.272 e. The molecular weight excluding hydrogens is 435 g/mol. The number of likely N-dealkylation sites (tertiary alicyclic amines) is 1. The molecule has 1 atom stereocenters. The lowest BCUT2D eigenvalue weighted by molar-refractivity contribution is 0.0786. The zero-order chi connectivity index (χ0) is 23.7. The van der Waals surface area contributed by atoms with Crippen molar-refractivity contribution in [2.75, 3.05) is 25.0 Å². The molecule has 1 saturated heterocycles. The average Bonchev–Trinajstić information content (AvgIpc) is 3.37. The van der Waals surface area contributed by atoms with E-state index in [1.807, 2.05) is 36.2 Å². The molecule has 172 valence electrons. The number of likely N-dealkylation sites (N-methyl/N-ethyl adjacent to an activating group) is 1.